The third-order valence-electron chi connectivity index (χ3n) is 2.75. The lowest BCUT2D eigenvalue weighted by atomic mass is 10.3. The molecule has 0 atom stereocenters. The minimum Gasteiger partial charge on any atom is -0.492 e. The fourth-order valence-corrected chi connectivity index (χ4v) is 2.49. The van der Waals surface area contributed by atoms with E-state index < -0.39 is 10.2 Å². The Kier molecular flexibility index (Phi) is 6.77. The number of unbranched alkanes of at least 4 members (excludes halogenated alkanes) is 1. The molecule has 0 heterocycles. The summed E-state index contributed by atoms with van der Waals surface area (Å²) in [6, 6.07) is 7.02. The molecule has 0 saturated heterocycles. The molecule has 0 aliphatic carbocycles. The zero-order valence-corrected chi connectivity index (χ0v) is 12.8. The summed E-state index contributed by atoms with van der Waals surface area (Å²) in [6.07, 6.45) is 1.80. The number of anilines is 1. The van der Waals surface area contributed by atoms with E-state index in [0.717, 1.165) is 12.8 Å². The van der Waals surface area contributed by atoms with Gasteiger partial charge in [0.2, 0.25) is 0 Å². The van der Waals surface area contributed by atoms with Crippen LogP contribution in [0.3, 0.4) is 0 Å². The molecule has 0 aromatic heterocycles. The van der Waals surface area contributed by atoms with Crippen LogP contribution >= 0.6 is 0 Å². The molecular weight excluding hydrogens is 278 g/mol. The van der Waals surface area contributed by atoms with Gasteiger partial charge in [-0.3, -0.25) is 0 Å². The molecule has 6 nitrogen and oxygen atoms in total. The Balaban J connectivity index is 2.33. The number of ether oxygens (including phenoxy) is 1. The van der Waals surface area contributed by atoms with E-state index >= 15 is 0 Å². The van der Waals surface area contributed by atoms with Gasteiger partial charge in [0.25, 0.3) is 10.2 Å². The van der Waals surface area contributed by atoms with Crippen LogP contribution in [0.15, 0.2) is 24.3 Å². The first-order valence-corrected chi connectivity index (χ1v) is 8.09. The van der Waals surface area contributed by atoms with Crippen LogP contribution in [-0.4, -0.2) is 39.5 Å². The fourth-order valence-electron chi connectivity index (χ4n) is 1.56. The van der Waals surface area contributed by atoms with Gasteiger partial charge in [0.1, 0.15) is 12.4 Å². The van der Waals surface area contributed by atoms with Gasteiger partial charge in [-0.05, 0) is 18.6 Å². The molecule has 7 heteroatoms. The van der Waals surface area contributed by atoms with Crippen molar-refractivity contribution in [1.82, 2.24) is 9.03 Å². The van der Waals surface area contributed by atoms with Crippen molar-refractivity contribution in [1.29, 1.82) is 0 Å². The van der Waals surface area contributed by atoms with Crippen LogP contribution in [0.4, 0.5) is 5.69 Å². The van der Waals surface area contributed by atoms with Crippen LogP contribution in [0.2, 0.25) is 0 Å². The Hall–Kier alpha value is -1.31. The maximum Gasteiger partial charge on any atom is 0.279 e. The molecule has 0 fully saturated rings. The number of hydrogen-bond acceptors (Lipinski definition) is 4. The molecule has 0 radical (unpaired) electrons. The predicted octanol–water partition coefficient (Wildman–Crippen LogP) is 1.21. The first-order valence-electron chi connectivity index (χ1n) is 6.65. The van der Waals surface area contributed by atoms with Crippen molar-refractivity contribution < 1.29 is 13.2 Å². The molecule has 1 aromatic carbocycles. The van der Waals surface area contributed by atoms with Gasteiger partial charge in [-0.2, -0.15) is 17.4 Å². The third kappa shape index (κ3) is 5.77. The average Bonchev–Trinajstić information content (AvgIpc) is 2.41. The standard InChI is InChI=1S/C13H23N3O3S/c1-3-4-9-16(2)20(17,18)15-8-10-19-13-7-5-6-12(14)11-13/h5-7,11,15H,3-4,8-10,14H2,1-2H3. The monoisotopic (exact) mass is 301 g/mol. The molecule has 20 heavy (non-hydrogen) atoms. The van der Waals surface area contributed by atoms with Gasteiger partial charge in [-0.25, -0.2) is 0 Å². The number of hydrogen-bond donors (Lipinski definition) is 2. The van der Waals surface area contributed by atoms with Crippen LogP contribution in [0.1, 0.15) is 19.8 Å². The van der Waals surface area contributed by atoms with E-state index in [1.807, 2.05) is 6.92 Å². The highest BCUT2D eigenvalue weighted by Crippen LogP contribution is 2.13. The number of nitrogens with one attached hydrogen (secondary N) is 1. The number of nitrogens with two attached hydrogens (primary N) is 1. The highest BCUT2D eigenvalue weighted by molar-refractivity contribution is 7.87. The second kappa shape index (κ2) is 8.08. The molecule has 0 bridgehead atoms. The molecular formula is C13H23N3O3S. The first kappa shape index (κ1) is 16.7. The molecule has 0 unspecified atom stereocenters. The van der Waals surface area contributed by atoms with Crippen LogP contribution < -0.4 is 15.2 Å². The number of benzene rings is 1. The molecule has 0 saturated carbocycles. The van der Waals surface area contributed by atoms with Crippen LogP contribution in [0, 0.1) is 0 Å². The summed E-state index contributed by atoms with van der Waals surface area (Å²) in [7, 11) is -1.85. The van der Waals surface area contributed by atoms with Crippen LogP contribution in [0.5, 0.6) is 5.75 Å². The van der Waals surface area contributed by atoms with Crippen LogP contribution in [0.25, 0.3) is 0 Å². The van der Waals surface area contributed by atoms with Crippen molar-refractivity contribution in [3.05, 3.63) is 24.3 Å². The van der Waals surface area contributed by atoms with Gasteiger partial charge in [0.15, 0.2) is 0 Å². The highest BCUT2D eigenvalue weighted by atomic mass is 32.2. The third-order valence-corrected chi connectivity index (χ3v) is 4.32. The molecule has 0 aliphatic rings. The summed E-state index contributed by atoms with van der Waals surface area (Å²) in [5.41, 5.74) is 6.23. The number of nitrogen functional groups attached to an aromatic ring is 1. The second-order valence-corrected chi connectivity index (χ2v) is 6.36. The SMILES string of the molecule is CCCCN(C)S(=O)(=O)NCCOc1cccc(N)c1. The summed E-state index contributed by atoms with van der Waals surface area (Å²) >= 11 is 0. The lowest BCUT2D eigenvalue weighted by Crippen LogP contribution is -2.40. The maximum atomic E-state index is 11.8. The van der Waals surface area contributed by atoms with E-state index in [1.165, 1.54) is 4.31 Å². The van der Waals surface area contributed by atoms with Crippen molar-refractivity contribution >= 4 is 15.9 Å². The zero-order valence-electron chi connectivity index (χ0n) is 12.0. The Morgan fingerprint density at radius 1 is 1.40 bits per heavy atom. The van der Waals surface area contributed by atoms with E-state index in [2.05, 4.69) is 4.72 Å². The van der Waals surface area contributed by atoms with Gasteiger partial charge >= 0.3 is 0 Å². The Morgan fingerprint density at radius 2 is 2.15 bits per heavy atom. The molecule has 0 spiro atoms. The van der Waals surface area contributed by atoms with Crippen molar-refractivity contribution in [3.8, 4) is 5.75 Å². The molecule has 1 rings (SSSR count). The number of nitrogens with zero attached hydrogens (tertiary/aromatic N) is 1. The molecule has 114 valence electrons. The smallest absolute Gasteiger partial charge is 0.279 e. The Bertz CT molecular complexity index is 505. The van der Waals surface area contributed by atoms with E-state index in [9.17, 15) is 8.42 Å². The van der Waals surface area contributed by atoms with Gasteiger partial charge < -0.3 is 10.5 Å². The van der Waals surface area contributed by atoms with Crippen molar-refractivity contribution in [2.45, 2.75) is 19.8 Å². The van der Waals surface area contributed by atoms with Gasteiger partial charge in [0.05, 0.1) is 0 Å². The van der Waals surface area contributed by atoms with Gasteiger partial charge in [-0.15, -0.1) is 0 Å². The van der Waals surface area contributed by atoms with E-state index in [0.29, 0.717) is 18.0 Å². The summed E-state index contributed by atoms with van der Waals surface area (Å²) in [4.78, 5) is 0. The zero-order chi connectivity index (χ0) is 15.0. The second-order valence-electron chi connectivity index (χ2n) is 4.50. The van der Waals surface area contributed by atoms with Gasteiger partial charge in [0, 0.05) is 31.9 Å². The Labute approximate surface area is 121 Å². The largest absolute Gasteiger partial charge is 0.492 e. The summed E-state index contributed by atoms with van der Waals surface area (Å²) in [5, 5.41) is 0. The van der Waals surface area contributed by atoms with Crippen LogP contribution in [-0.2, 0) is 10.2 Å². The summed E-state index contributed by atoms with van der Waals surface area (Å²) in [6.45, 7) is 3.01. The molecule has 0 amide bonds. The molecule has 0 aliphatic heterocycles. The lowest BCUT2D eigenvalue weighted by Gasteiger charge is -2.17. The van der Waals surface area contributed by atoms with E-state index in [4.69, 9.17) is 10.5 Å². The topological polar surface area (TPSA) is 84.7 Å². The van der Waals surface area contributed by atoms with Crippen molar-refractivity contribution in [3.63, 3.8) is 0 Å². The summed E-state index contributed by atoms with van der Waals surface area (Å²) in [5.74, 6) is 0.628. The van der Waals surface area contributed by atoms with E-state index in [1.54, 1.807) is 31.3 Å². The van der Waals surface area contributed by atoms with Crippen molar-refractivity contribution in [2.24, 2.45) is 0 Å². The first-order chi connectivity index (χ1) is 9.45. The Morgan fingerprint density at radius 3 is 2.80 bits per heavy atom. The maximum absolute atomic E-state index is 11.8. The molecule has 3 N–H and O–H groups in total. The van der Waals surface area contributed by atoms with E-state index in [-0.39, 0.29) is 13.2 Å². The van der Waals surface area contributed by atoms with Crippen molar-refractivity contribution in [2.75, 3.05) is 32.5 Å². The predicted molar refractivity (Wildman–Crippen MR) is 80.8 cm³/mol. The summed E-state index contributed by atoms with van der Waals surface area (Å²) < 4.78 is 32.9. The van der Waals surface area contributed by atoms with Gasteiger partial charge in [-0.1, -0.05) is 19.4 Å². The minimum atomic E-state index is -3.42. The fraction of sp³-hybridized carbons (Fsp3) is 0.538. The quantitative estimate of drug-likeness (QED) is 0.530. The lowest BCUT2D eigenvalue weighted by molar-refractivity contribution is 0.321. The molecule has 1 aromatic rings. The average molecular weight is 301 g/mol. The minimum absolute atomic E-state index is 0.216. The normalized spacial score (nSPS) is 11.8. The highest BCUT2D eigenvalue weighted by Gasteiger charge is 2.15. The number of rotatable bonds is 9.